The Hall–Kier alpha value is -1.67. The monoisotopic (exact) mass is 227 g/mol. The van der Waals surface area contributed by atoms with Crippen molar-refractivity contribution in [3.05, 3.63) is 71.3 Å². The molecule has 86 valence electrons. The zero-order chi connectivity index (χ0) is 11.7. The molecule has 3 rings (SSSR count). The summed E-state index contributed by atoms with van der Waals surface area (Å²) in [5.74, 6) is 0.249. The van der Waals surface area contributed by atoms with Crippen molar-refractivity contribution in [1.29, 1.82) is 0 Å². The van der Waals surface area contributed by atoms with Crippen molar-refractivity contribution in [1.82, 2.24) is 5.32 Å². The molecular weight excluding hydrogens is 213 g/mol. The molecule has 2 aromatic carbocycles. The molecule has 1 N–H and O–H groups in total. The van der Waals surface area contributed by atoms with Gasteiger partial charge in [0.1, 0.15) is 0 Å². The second-order valence-electron chi connectivity index (χ2n) is 4.36. The third-order valence-electron chi connectivity index (χ3n) is 3.35. The van der Waals surface area contributed by atoms with Crippen molar-refractivity contribution in [2.24, 2.45) is 0 Å². The largest absolute Gasteiger partial charge is 0.283 e. The Morgan fingerprint density at radius 1 is 0.882 bits per heavy atom. The molecule has 1 aliphatic heterocycles. The van der Waals surface area contributed by atoms with Gasteiger partial charge in [-0.05, 0) is 11.1 Å². The number of hydrogen-bond donors (Lipinski definition) is 1. The Morgan fingerprint density at radius 3 is 2.29 bits per heavy atom. The summed E-state index contributed by atoms with van der Waals surface area (Å²) in [6.07, 6.45) is -1.04. The van der Waals surface area contributed by atoms with Crippen LogP contribution in [0.4, 0.5) is 4.39 Å². The lowest BCUT2D eigenvalue weighted by molar-refractivity contribution is 0.262. The first-order valence-corrected chi connectivity index (χ1v) is 5.87. The van der Waals surface area contributed by atoms with Crippen LogP contribution in [0.5, 0.6) is 0 Å². The second kappa shape index (κ2) is 4.30. The first-order chi connectivity index (χ1) is 8.36. The predicted molar refractivity (Wildman–Crippen MR) is 66.6 cm³/mol. The Morgan fingerprint density at radius 2 is 1.53 bits per heavy atom. The maximum atomic E-state index is 13.8. The van der Waals surface area contributed by atoms with Crippen molar-refractivity contribution >= 4 is 0 Å². The van der Waals surface area contributed by atoms with E-state index in [1.807, 2.05) is 42.5 Å². The predicted octanol–water partition coefficient (Wildman–Crippen LogP) is 3.39. The lowest BCUT2D eigenvalue weighted by Gasteiger charge is -2.29. The summed E-state index contributed by atoms with van der Waals surface area (Å²) in [5.41, 5.74) is 3.11. The molecule has 0 fully saturated rings. The smallest absolute Gasteiger partial charge is 0.177 e. The van der Waals surface area contributed by atoms with Gasteiger partial charge in [-0.2, -0.15) is 0 Å². The van der Waals surface area contributed by atoms with E-state index in [1.165, 1.54) is 5.56 Å². The zero-order valence-electron chi connectivity index (χ0n) is 9.44. The molecule has 0 saturated carbocycles. The van der Waals surface area contributed by atoms with E-state index in [0.29, 0.717) is 6.54 Å². The molecule has 0 amide bonds. The average Bonchev–Trinajstić information content (AvgIpc) is 2.41. The molecule has 0 bridgehead atoms. The maximum absolute atomic E-state index is 13.8. The molecule has 1 aliphatic rings. The van der Waals surface area contributed by atoms with Crippen LogP contribution in [0.3, 0.4) is 0 Å². The van der Waals surface area contributed by atoms with Gasteiger partial charge in [0, 0.05) is 18.0 Å². The van der Waals surface area contributed by atoms with E-state index in [9.17, 15) is 4.39 Å². The normalized spacial score (nSPS) is 23.1. The molecule has 1 nitrogen and oxygen atoms in total. The summed E-state index contributed by atoms with van der Waals surface area (Å²) < 4.78 is 13.8. The molecular formula is C15H14FN. The standard InChI is InChI=1S/C15H14FN/c16-15-13-9-5-4-8-12(13)14(10-17-15)11-6-2-1-3-7-11/h1-9,14-15,17H,10H2. The van der Waals surface area contributed by atoms with Gasteiger partial charge in [-0.25, -0.2) is 4.39 Å². The number of benzene rings is 2. The van der Waals surface area contributed by atoms with E-state index in [0.717, 1.165) is 11.1 Å². The van der Waals surface area contributed by atoms with Gasteiger partial charge in [-0.1, -0.05) is 54.6 Å². The Bertz CT molecular complexity index is 509. The van der Waals surface area contributed by atoms with Crippen LogP contribution < -0.4 is 5.32 Å². The van der Waals surface area contributed by atoms with E-state index < -0.39 is 6.30 Å². The minimum Gasteiger partial charge on any atom is -0.283 e. The van der Waals surface area contributed by atoms with Gasteiger partial charge < -0.3 is 0 Å². The van der Waals surface area contributed by atoms with Crippen molar-refractivity contribution in [3.8, 4) is 0 Å². The third kappa shape index (κ3) is 1.85. The summed E-state index contributed by atoms with van der Waals surface area (Å²) in [4.78, 5) is 0. The molecule has 1 heterocycles. The molecule has 0 radical (unpaired) electrons. The summed E-state index contributed by atoms with van der Waals surface area (Å²) in [6.45, 7) is 0.655. The number of alkyl halides is 1. The molecule has 2 unspecified atom stereocenters. The van der Waals surface area contributed by atoms with Gasteiger partial charge in [0.25, 0.3) is 0 Å². The molecule has 0 spiro atoms. The van der Waals surface area contributed by atoms with E-state index in [1.54, 1.807) is 0 Å². The average molecular weight is 227 g/mol. The van der Waals surface area contributed by atoms with Crippen LogP contribution in [0.2, 0.25) is 0 Å². The Labute approximate surface area is 100 Å². The van der Waals surface area contributed by atoms with E-state index in [4.69, 9.17) is 0 Å². The van der Waals surface area contributed by atoms with Gasteiger partial charge in [0.15, 0.2) is 6.30 Å². The van der Waals surface area contributed by atoms with Gasteiger partial charge in [-0.3, -0.25) is 5.32 Å². The fourth-order valence-corrected chi connectivity index (χ4v) is 2.48. The van der Waals surface area contributed by atoms with Crippen molar-refractivity contribution in [2.45, 2.75) is 12.2 Å². The highest BCUT2D eigenvalue weighted by Crippen LogP contribution is 2.34. The third-order valence-corrected chi connectivity index (χ3v) is 3.35. The molecule has 0 saturated heterocycles. The van der Waals surface area contributed by atoms with Crippen LogP contribution in [0.15, 0.2) is 54.6 Å². The van der Waals surface area contributed by atoms with Crippen LogP contribution in [-0.4, -0.2) is 6.54 Å². The Kier molecular flexibility index (Phi) is 2.65. The summed E-state index contributed by atoms with van der Waals surface area (Å²) in [6, 6.07) is 18.0. The SMILES string of the molecule is FC1NCC(c2ccccc2)c2ccccc21. The number of rotatable bonds is 1. The van der Waals surface area contributed by atoms with Crippen LogP contribution in [-0.2, 0) is 0 Å². The van der Waals surface area contributed by atoms with Crippen LogP contribution in [0.25, 0.3) is 0 Å². The Balaban J connectivity index is 2.07. The van der Waals surface area contributed by atoms with E-state index in [2.05, 4.69) is 17.4 Å². The van der Waals surface area contributed by atoms with Gasteiger partial charge >= 0.3 is 0 Å². The molecule has 0 aliphatic carbocycles. The topological polar surface area (TPSA) is 12.0 Å². The summed E-state index contributed by atoms with van der Waals surface area (Å²) in [5, 5.41) is 2.92. The summed E-state index contributed by atoms with van der Waals surface area (Å²) >= 11 is 0. The highest BCUT2D eigenvalue weighted by atomic mass is 19.1. The van der Waals surface area contributed by atoms with Crippen LogP contribution >= 0.6 is 0 Å². The molecule has 2 atom stereocenters. The summed E-state index contributed by atoms with van der Waals surface area (Å²) in [7, 11) is 0. The first kappa shape index (κ1) is 10.5. The van der Waals surface area contributed by atoms with Gasteiger partial charge in [0.05, 0.1) is 0 Å². The second-order valence-corrected chi connectivity index (χ2v) is 4.36. The first-order valence-electron chi connectivity index (χ1n) is 5.87. The van der Waals surface area contributed by atoms with E-state index >= 15 is 0 Å². The lowest BCUT2D eigenvalue weighted by atomic mass is 9.85. The van der Waals surface area contributed by atoms with Crippen molar-refractivity contribution < 1.29 is 4.39 Å². The highest BCUT2D eigenvalue weighted by molar-refractivity contribution is 5.41. The lowest BCUT2D eigenvalue weighted by Crippen LogP contribution is -2.31. The van der Waals surface area contributed by atoms with Gasteiger partial charge in [-0.15, -0.1) is 0 Å². The quantitative estimate of drug-likeness (QED) is 0.736. The highest BCUT2D eigenvalue weighted by Gasteiger charge is 2.26. The minimum absolute atomic E-state index is 0.249. The molecule has 17 heavy (non-hydrogen) atoms. The minimum atomic E-state index is -1.04. The van der Waals surface area contributed by atoms with Crippen LogP contribution in [0.1, 0.15) is 28.9 Å². The number of nitrogens with one attached hydrogen (secondary N) is 1. The fraction of sp³-hybridized carbons (Fsp3) is 0.200. The number of halogens is 1. The van der Waals surface area contributed by atoms with E-state index in [-0.39, 0.29) is 5.92 Å². The zero-order valence-corrected chi connectivity index (χ0v) is 9.44. The maximum Gasteiger partial charge on any atom is 0.177 e. The molecule has 2 heteroatoms. The number of fused-ring (bicyclic) bond motifs is 1. The molecule has 2 aromatic rings. The fourth-order valence-electron chi connectivity index (χ4n) is 2.48. The molecule has 0 aromatic heterocycles. The van der Waals surface area contributed by atoms with Crippen LogP contribution in [0, 0.1) is 0 Å². The van der Waals surface area contributed by atoms with Crippen molar-refractivity contribution in [2.75, 3.05) is 6.54 Å². The van der Waals surface area contributed by atoms with Gasteiger partial charge in [0.2, 0.25) is 0 Å². The number of hydrogen-bond acceptors (Lipinski definition) is 1. The van der Waals surface area contributed by atoms with Crippen molar-refractivity contribution in [3.63, 3.8) is 0 Å².